The van der Waals surface area contributed by atoms with Gasteiger partial charge in [0.05, 0.1) is 4.90 Å². The quantitative estimate of drug-likeness (QED) is 0.883. The number of amides is 1. The van der Waals surface area contributed by atoms with Gasteiger partial charge in [0, 0.05) is 19.2 Å². The average molecular weight is 318 g/mol. The number of benzene rings is 2. The van der Waals surface area contributed by atoms with E-state index in [0.717, 1.165) is 11.1 Å². The Morgan fingerprint density at radius 2 is 1.77 bits per heavy atom. The van der Waals surface area contributed by atoms with Gasteiger partial charge in [-0.15, -0.1) is 0 Å². The molecule has 2 N–H and O–H groups in total. The van der Waals surface area contributed by atoms with E-state index in [-0.39, 0.29) is 17.3 Å². The second-order valence-corrected chi connectivity index (χ2v) is 6.63. The number of carbonyl (C=O) groups excluding carboxylic acids is 1. The molecule has 2 aromatic rings. The Morgan fingerprint density at radius 1 is 1.09 bits per heavy atom. The van der Waals surface area contributed by atoms with Crippen LogP contribution in [0.15, 0.2) is 53.4 Å². The summed E-state index contributed by atoms with van der Waals surface area (Å²) in [6.45, 7) is 1.96. The molecule has 0 atom stereocenters. The summed E-state index contributed by atoms with van der Waals surface area (Å²) >= 11 is 0. The predicted octanol–water partition coefficient (Wildman–Crippen LogP) is 1.83. The summed E-state index contributed by atoms with van der Waals surface area (Å²) in [6.07, 6.45) is 0. The summed E-state index contributed by atoms with van der Waals surface area (Å²) in [5.74, 6) is -0.308. The number of nitrogens with one attached hydrogen (secondary N) is 2. The van der Waals surface area contributed by atoms with Crippen LogP contribution in [0.5, 0.6) is 0 Å². The van der Waals surface area contributed by atoms with E-state index in [4.69, 9.17) is 0 Å². The summed E-state index contributed by atoms with van der Waals surface area (Å²) in [5.41, 5.74) is 1.94. The van der Waals surface area contributed by atoms with Gasteiger partial charge in [-0.25, -0.2) is 13.1 Å². The zero-order valence-electron chi connectivity index (χ0n) is 12.5. The minimum atomic E-state index is -3.67. The summed E-state index contributed by atoms with van der Waals surface area (Å²) < 4.78 is 27.2. The fourth-order valence-corrected chi connectivity index (χ4v) is 3.05. The molecule has 2 rings (SSSR count). The molecule has 0 aromatic heterocycles. The van der Waals surface area contributed by atoms with Gasteiger partial charge in [0.1, 0.15) is 0 Å². The van der Waals surface area contributed by atoms with Crippen LogP contribution in [-0.2, 0) is 16.6 Å². The minimum absolute atomic E-state index is 0.0765. The van der Waals surface area contributed by atoms with Crippen molar-refractivity contribution < 1.29 is 13.2 Å². The lowest BCUT2D eigenvalue weighted by atomic mass is 10.1. The molecule has 0 aliphatic rings. The van der Waals surface area contributed by atoms with Crippen molar-refractivity contribution in [1.82, 2.24) is 10.0 Å². The fraction of sp³-hybridized carbons (Fsp3) is 0.188. The molecule has 5 nitrogen and oxygen atoms in total. The van der Waals surface area contributed by atoms with Crippen LogP contribution in [0.25, 0.3) is 0 Å². The van der Waals surface area contributed by atoms with Crippen LogP contribution >= 0.6 is 0 Å². The molecule has 0 saturated carbocycles. The zero-order chi connectivity index (χ0) is 16.2. The van der Waals surface area contributed by atoms with Gasteiger partial charge >= 0.3 is 0 Å². The number of aryl methyl sites for hydroxylation is 1. The Balaban J connectivity index is 2.24. The third-order valence-corrected chi connectivity index (χ3v) is 4.70. The third-order valence-electron chi connectivity index (χ3n) is 3.30. The first-order valence-corrected chi connectivity index (χ1v) is 8.28. The van der Waals surface area contributed by atoms with Gasteiger partial charge in [-0.3, -0.25) is 4.79 Å². The molecule has 0 saturated heterocycles. The maximum atomic E-state index is 12.3. The molecule has 2 aromatic carbocycles. The first kappa shape index (κ1) is 16.2. The Labute approximate surface area is 130 Å². The van der Waals surface area contributed by atoms with Crippen molar-refractivity contribution >= 4 is 15.9 Å². The first-order chi connectivity index (χ1) is 10.4. The average Bonchev–Trinajstić information content (AvgIpc) is 2.53. The molecule has 0 fully saturated rings. The summed E-state index contributed by atoms with van der Waals surface area (Å²) in [6, 6.07) is 13.8. The summed E-state index contributed by atoms with van der Waals surface area (Å²) in [5, 5.41) is 2.50. The molecule has 0 aliphatic carbocycles. The Morgan fingerprint density at radius 3 is 2.41 bits per heavy atom. The van der Waals surface area contributed by atoms with Crippen molar-refractivity contribution in [3.05, 3.63) is 65.2 Å². The lowest BCUT2D eigenvalue weighted by Gasteiger charge is -2.10. The molecule has 22 heavy (non-hydrogen) atoms. The van der Waals surface area contributed by atoms with E-state index in [1.807, 2.05) is 30.3 Å². The molecular formula is C16H18N2O3S. The van der Waals surface area contributed by atoms with E-state index in [2.05, 4.69) is 10.0 Å². The van der Waals surface area contributed by atoms with E-state index < -0.39 is 10.0 Å². The lowest BCUT2D eigenvalue weighted by Crippen LogP contribution is -2.24. The number of sulfonamides is 1. The second-order valence-electron chi connectivity index (χ2n) is 4.87. The smallest absolute Gasteiger partial charge is 0.251 e. The highest BCUT2D eigenvalue weighted by molar-refractivity contribution is 7.89. The van der Waals surface area contributed by atoms with Crippen molar-refractivity contribution in [3.63, 3.8) is 0 Å². The maximum absolute atomic E-state index is 12.3. The van der Waals surface area contributed by atoms with Gasteiger partial charge < -0.3 is 5.32 Å². The van der Waals surface area contributed by atoms with Crippen LogP contribution in [0.4, 0.5) is 0 Å². The van der Waals surface area contributed by atoms with Crippen LogP contribution in [-0.4, -0.2) is 21.4 Å². The largest absolute Gasteiger partial charge is 0.355 e. The predicted molar refractivity (Wildman–Crippen MR) is 85.0 cm³/mol. The van der Waals surface area contributed by atoms with Gasteiger partial charge in [-0.05, 0) is 30.2 Å². The molecule has 116 valence electrons. The standard InChI is InChI=1S/C16H18N2O3S/c1-12-8-9-14(10-15(12)16(19)17-2)22(20,21)18-11-13-6-4-3-5-7-13/h3-10,18H,11H2,1-2H3,(H,17,19). The SMILES string of the molecule is CNC(=O)c1cc(S(=O)(=O)NCc2ccccc2)ccc1C. The maximum Gasteiger partial charge on any atom is 0.251 e. The molecule has 6 heteroatoms. The Bertz CT molecular complexity index is 771. The van der Waals surface area contributed by atoms with Crippen molar-refractivity contribution in [1.29, 1.82) is 0 Å². The van der Waals surface area contributed by atoms with Gasteiger partial charge in [-0.1, -0.05) is 36.4 Å². The summed E-state index contributed by atoms with van der Waals surface area (Å²) in [7, 11) is -2.16. The van der Waals surface area contributed by atoms with Crippen LogP contribution < -0.4 is 10.0 Å². The highest BCUT2D eigenvalue weighted by Gasteiger charge is 2.17. The zero-order valence-corrected chi connectivity index (χ0v) is 13.3. The molecular weight excluding hydrogens is 300 g/mol. The van der Waals surface area contributed by atoms with E-state index in [1.54, 1.807) is 13.0 Å². The van der Waals surface area contributed by atoms with Gasteiger partial charge in [0.15, 0.2) is 0 Å². The van der Waals surface area contributed by atoms with E-state index in [0.29, 0.717) is 5.56 Å². The minimum Gasteiger partial charge on any atom is -0.355 e. The van der Waals surface area contributed by atoms with E-state index >= 15 is 0 Å². The van der Waals surface area contributed by atoms with Crippen LogP contribution in [0, 0.1) is 6.92 Å². The first-order valence-electron chi connectivity index (χ1n) is 6.80. The molecule has 0 spiro atoms. The van der Waals surface area contributed by atoms with E-state index in [1.165, 1.54) is 19.2 Å². The molecule has 1 amide bonds. The third kappa shape index (κ3) is 3.72. The topological polar surface area (TPSA) is 75.3 Å². The lowest BCUT2D eigenvalue weighted by molar-refractivity contribution is 0.0962. The molecule has 0 unspecified atom stereocenters. The molecule has 0 aliphatic heterocycles. The second kappa shape index (κ2) is 6.72. The number of hydrogen-bond donors (Lipinski definition) is 2. The van der Waals surface area contributed by atoms with Crippen molar-refractivity contribution in [2.45, 2.75) is 18.4 Å². The van der Waals surface area contributed by atoms with Crippen molar-refractivity contribution in [2.24, 2.45) is 0 Å². The Hall–Kier alpha value is -2.18. The summed E-state index contributed by atoms with van der Waals surface area (Å²) in [4.78, 5) is 11.8. The van der Waals surface area contributed by atoms with E-state index in [9.17, 15) is 13.2 Å². The van der Waals surface area contributed by atoms with Gasteiger partial charge in [0.2, 0.25) is 10.0 Å². The van der Waals surface area contributed by atoms with Crippen LogP contribution in [0.3, 0.4) is 0 Å². The monoisotopic (exact) mass is 318 g/mol. The van der Waals surface area contributed by atoms with Crippen LogP contribution in [0.2, 0.25) is 0 Å². The molecule has 0 heterocycles. The van der Waals surface area contributed by atoms with Crippen molar-refractivity contribution in [3.8, 4) is 0 Å². The highest BCUT2D eigenvalue weighted by atomic mass is 32.2. The van der Waals surface area contributed by atoms with Crippen molar-refractivity contribution in [2.75, 3.05) is 7.05 Å². The Kier molecular flexibility index (Phi) is 4.95. The fourth-order valence-electron chi connectivity index (χ4n) is 2.01. The number of hydrogen-bond acceptors (Lipinski definition) is 3. The van der Waals surface area contributed by atoms with Crippen LogP contribution in [0.1, 0.15) is 21.5 Å². The normalized spacial score (nSPS) is 11.2. The number of carbonyl (C=O) groups is 1. The van der Waals surface area contributed by atoms with Gasteiger partial charge in [0.25, 0.3) is 5.91 Å². The number of rotatable bonds is 5. The van der Waals surface area contributed by atoms with Gasteiger partial charge in [-0.2, -0.15) is 0 Å². The molecule has 0 radical (unpaired) electrons. The highest BCUT2D eigenvalue weighted by Crippen LogP contribution is 2.16. The molecule has 0 bridgehead atoms.